The van der Waals surface area contributed by atoms with Crippen LogP contribution in [0.2, 0.25) is 5.02 Å². The van der Waals surface area contributed by atoms with Gasteiger partial charge in [-0.2, -0.15) is 0 Å². The highest BCUT2D eigenvalue weighted by molar-refractivity contribution is 7.92. The average molecular weight is 487 g/mol. The van der Waals surface area contributed by atoms with E-state index in [-0.39, 0.29) is 23.2 Å². The predicted octanol–water partition coefficient (Wildman–Crippen LogP) is 4.81. The molecule has 6 nitrogen and oxygen atoms in total. The van der Waals surface area contributed by atoms with Crippen molar-refractivity contribution in [3.63, 3.8) is 0 Å². The quantitative estimate of drug-likeness (QED) is 0.530. The SMILES string of the molecule is CCC(CCCN1CCc2ccc(S(=O)(=O)Nc3cccc(Cl)c3)cc2C1)C(=O)O.Cl. The van der Waals surface area contributed by atoms with E-state index in [1.54, 1.807) is 36.4 Å². The van der Waals surface area contributed by atoms with Gasteiger partial charge in [-0.3, -0.25) is 14.4 Å². The van der Waals surface area contributed by atoms with E-state index in [4.69, 9.17) is 11.6 Å². The fraction of sp³-hybridized carbons (Fsp3) is 0.409. The summed E-state index contributed by atoms with van der Waals surface area (Å²) in [5.41, 5.74) is 2.58. The van der Waals surface area contributed by atoms with Crippen molar-refractivity contribution in [3.05, 3.63) is 58.6 Å². The standard InChI is InChI=1S/C22H27ClN2O4S.ClH/c1-2-16(22(26)27)5-4-11-25-12-10-17-8-9-21(13-18(17)15-25)30(28,29)24-20-7-3-6-19(23)14-20;/h3,6-9,13-14,16,24H,2,4-5,10-12,15H2,1H3,(H,26,27);1H. The Balaban J connectivity index is 0.00000341. The number of carboxylic acid groups (broad SMARTS) is 1. The number of carbonyl (C=O) groups is 1. The van der Waals surface area contributed by atoms with Crippen molar-refractivity contribution in [1.82, 2.24) is 4.90 Å². The number of nitrogens with one attached hydrogen (secondary N) is 1. The third-order valence-corrected chi connectivity index (χ3v) is 7.14. The summed E-state index contributed by atoms with van der Waals surface area (Å²) in [5, 5.41) is 9.65. The maximum atomic E-state index is 12.8. The number of anilines is 1. The smallest absolute Gasteiger partial charge is 0.306 e. The molecular weight excluding hydrogens is 459 g/mol. The first-order chi connectivity index (χ1) is 14.3. The van der Waals surface area contributed by atoms with Crippen molar-refractivity contribution in [2.24, 2.45) is 5.92 Å². The number of halogens is 2. The molecule has 0 saturated carbocycles. The Morgan fingerprint density at radius 3 is 2.68 bits per heavy atom. The largest absolute Gasteiger partial charge is 0.481 e. The molecule has 0 fully saturated rings. The summed E-state index contributed by atoms with van der Waals surface area (Å²) in [6.45, 7) is 4.26. The van der Waals surface area contributed by atoms with Crippen molar-refractivity contribution < 1.29 is 18.3 Å². The van der Waals surface area contributed by atoms with Gasteiger partial charge >= 0.3 is 5.97 Å². The monoisotopic (exact) mass is 486 g/mol. The zero-order valence-electron chi connectivity index (χ0n) is 17.4. The minimum absolute atomic E-state index is 0. The van der Waals surface area contributed by atoms with Crippen LogP contribution in [-0.2, 0) is 27.8 Å². The number of benzene rings is 2. The Bertz CT molecular complexity index is 1010. The van der Waals surface area contributed by atoms with Crippen LogP contribution in [0.1, 0.15) is 37.3 Å². The molecule has 0 aliphatic carbocycles. The molecule has 0 amide bonds. The second-order valence-electron chi connectivity index (χ2n) is 7.66. The van der Waals surface area contributed by atoms with E-state index < -0.39 is 16.0 Å². The number of nitrogens with zero attached hydrogens (tertiary/aromatic N) is 1. The summed E-state index contributed by atoms with van der Waals surface area (Å²) in [7, 11) is -3.71. The molecule has 2 aromatic rings. The Morgan fingerprint density at radius 2 is 2.00 bits per heavy atom. The Hall–Kier alpha value is -1.80. The van der Waals surface area contributed by atoms with Crippen LogP contribution >= 0.6 is 24.0 Å². The van der Waals surface area contributed by atoms with Crippen LogP contribution in [0.5, 0.6) is 0 Å². The van der Waals surface area contributed by atoms with Crippen molar-refractivity contribution in [2.75, 3.05) is 17.8 Å². The number of hydrogen-bond donors (Lipinski definition) is 2. The maximum Gasteiger partial charge on any atom is 0.306 e. The molecular formula is C22H28Cl2N2O4S. The molecule has 3 rings (SSSR count). The molecule has 2 N–H and O–H groups in total. The molecule has 0 bridgehead atoms. The molecule has 0 saturated heterocycles. The van der Waals surface area contributed by atoms with Gasteiger partial charge in [0.15, 0.2) is 0 Å². The van der Waals surface area contributed by atoms with Gasteiger partial charge in [-0.1, -0.05) is 30.7 Å². The average Bonchev–Trinajstić information content (AvgIpc) is 2.70. The third kappa shape index (κ3) is 6.84. The van der Waals surface area contributed by atoms with Crippen molar-refractivity contribution in [3.8, 4) is 0 Å². The van der Waals surface area contributed by atoms with E-state index >= 15 is 0 Å². The lowest BCUT2D eigenvalue weighted by molar-refractivity contribution is -0.142. The summed E-state index contributed by atoms with van der Waals surface area (Å²) < 4.78 is 28.2. The minimum Gasteiger partial charge on any atom is -0.481 e. The second-order valence-corrected chi connectivity index (χ2v) is 9.78. The van der Waals surface area contributed by atoms with Gasteiger partial charge in [0.05, 0.1) is 16.5 Å². The Morgan fingerprint density at radius 1 is 1.23 bits per heavy atom. The molecule has 170 valence electrons. The highest BCUT2D eigenvalue weighted by Gasteiger charge is 2.21. The number of fused-ring (bicyclic) bond motifs is 1. The first kappa shape index (κ1) is 25.5. The molecule has 1 aliphatic heterocycles. The molecule has 1 aliphatic rings. The number of hydrogen-bond acceptors (Lipinski definition) is 4. The van der Waals surface area contributed by atoms with E-state index in [0.29, 0.717) is 30.1 Å². The van der Waals surface area contributed by atoms with Crippen LogP contribution in [0.4, 0.5) is 5.69 Å². The minimum atomic E-state index is -3.71. The zero-order valence-corrected chi connectivity index (χ0v) is 19.8. The van der Waals surface area contributed by atoms with Gasteiger partial charge in [-0.25, -0.2) is 8.42 Å². The van der Waals surface area contributed by atoms with Gasteiger partial charge in [0.1, 0.15) is 0 Å². The molecule has 1 heterocycles. The summed E-state index contributed by atoms with van der Waals surface area (Å²) in [5.74, 6) is -1.03. The van der Waals surface area contributed by atoms with Gasteiger partial charge in [0.2, 0.25) is 0 Å². The van der Waals surface area contributed by atoms with Gasteiger partial charge in [-0.05, 0) is 73.7 Å². The van der Waals surface area contributed by atoms with E-state index in [9.17, 15) is 18.3 Å². The van der Waals surface area contributed by atoms with Crippen molar-refractivity contribution >= 4 is 45.7 Å². The lowest BCUT2D eigenvalue weighted by Gasteiger charge is -2.29. The third-order valence-electron chi connectivity index (χ3n) is 5.53. The van der Waals surface area contributed by atoms with Gasteiger partial charge in [0, 0.05) is 18.1 Å². The van der Waals surface area contributed by atoms with Crippen LogP contribution < -0.4 is 4.72 Å². The molecule has 0 radical (unpaired) electrons. The maximum absolute atomic E-state index is 12.8. The van der Waals surface area contributed by atoms with Gasteiger partial charge < -0.3 is 5.11 Å². The molecule has 31 heavy (non-hydrogen) atoms. The van der Waals surface area contributed by atoms with Gasteiger partial charge in [-0.15, -0.1) is 12.4 Å². The van der Waals surface area contributed by atoms with Crippen molar-refractivity contribution in [2.45, 2.75) is 44.0 Å². The van der Waals surface area contributed by atoms with E-state index in [1.165, 1.54) is 0 Å². The first-order valence-electron chi connectivity index (χ1n) is 10.1. The van der Waals surface area contributed by atoms with Crippen LogP contribution in [0.3, 0.4) is 0 Å². The second kappa shape index (κ2) is 11.2. The van der Waals surface area contributed by atoms with E-state index in [0.717, 1.165) is 37.1 Å². The van der Waals surface area contributed by atoms with Crippen LogP contribution in [0, 0.1) is 5.92 Å². The van der Waals surface area contributed by atoms with Gasteiger partial charge in [0.25, 0.3) is 10.0 Å². The Labute approximate surface area is 195 Å². The highest BCUT2D eigenvalue weighted by Crippen LogP contribution is 2.25. The lowest BCUT2D eigenvalue weighted by atomic mass is 9.98. The normalized spacial score (nSPS) is 14.9. The summed E-state index contributed by atoms with van der Waals surface area (Å²) >= 11 is 5.95. The first-order valence-corrected chi connectivity index (χ1v) is 12.0. The van der Waals surface area contributed by atoms with Crippen LogP contribution in [0.15, 0.2) is 47.4 Å². The fourth-order valence-electron chi connectivity index (χ4n) is 3.78. The highest BCUT2D eigenvalue weighted by atomic mass is 35.5. The van der Waals surface area contributed by atoms with Crippen LogP contribution in [-0.4, -0.2) is 37.5 Å². The topological polar surface area (TPSA) is 86.7 Å². The number of carboxylic acids is 1. The zero-order chi connectivity index (χ0) is 21.7. The lowest BCUT2D eigenvalue weighted by Crippen LogP contribution is -2.32. The molecule has 1 atom stereocenters. The Kier molecular flexibility index (Phi) is 9.18. The number of aliphatic carboxylic acids is 1. The molecule has 1 unspecified atom stereocenters. The molecule has 9 heteroatoms. The summed E-state index contributed by atoms with van der Waals surface area (Å²) in [4.78, 5) is 13.7. The van der Waals surface area contributed by atoms with E-state index in [1.807, 2.05) is 13.0 Å². The summed E-state index contributed by atoms with van der Waals surface area (Å²) in [6.07, 6.45) is 2.97. The summed E-state index contributed by atoms with van der Waals surface area (Å²) in [6, 6.07) is 11.9. The fourth-order valence-corrected chi connectivity index (χ4v) is 5.07. The number of rotatable bonds is 9. The predicted molar refractivity (Wildman–Crippen MR) is 126 cm³/mol. The van der Waals surface area contributed by atoms with Crippen LogP contribution in [0.25, 0.3) is 0 Å². The van der Waals surface area contributed by atoms with E-state index in [2.05, 4.69) is 9.62 Å². The molecule has 0 aromatic heterocycles. The number of sulfonamides is 1. The molecule has 2 aromatic carbocycles. The van der Waals surface area contributed by atoms with Crippen molar-refractivity contribution in [1.29, 1.82) is 0 Å². The molecule has 0 spiro atoms.